The summed E-state index contributed by atoms with van der Waals surface area (Å²) in [5, 5.41) is 3.36. The summed E-state index contributed by atoms with van der Waals surface area (Å²) in [5.41, 5.74) is 1.86. The molecule has 0 fully saturated rings. The van der Waals surface area contributed by atoms with Gasteiger partial charge in [0.1, 0.15) is 5.75 Å². The van der Waals surface area contributed by atoms with E-state index in [1.807, 2.05) is 13.8 Å². The minimum atomic E-state index is -4.02. The van der Waals surface area contributed by atoms with E-state index in [4.69, 9.17) is 27.9 Å². The number of carbonyl (C=O) groups excluding carboxylic acids is 1. The lowest BCUT2D eigenvalue weighted by molar-refractivity contribution is -0.116. The number of hydrogen-bond donors (Lipinski definition) is 1. The zero-order valence-electron chi connectivity index (χ0n) is 18.2. The minimum absolute atomic E-state index is 0.0742. The van der Waals surface area contributed by atoms with Gasteiger partial charge < -0.3 is 10.1 Å². The quantitative estimate of drug-likeness (QED) is 0.413. The normalized spacial score (nSPS) is 11.4. The average molecular weight is 507 g/mol. The van der Waals surface area contributed by atoms with E-state index in [-0.39, 0.29) is 11.4 Å². The average Bonchev–Trinajstić information content (AvgIpc) is 2.77. The summed E-state index contributed by atoms with van der Waals surface area (Å²) < 4.78 is 33.3. The highest BCUT2D eigenvalue weighted by Crippen LogP contribution is 2.28. The Kier molecular flexibility index (Phi) is 8.37. The summed E-state index contributed by atoms with van der Waals surface area (Å²) in [4.78, 5) is 12.9. The molecular weight excluding hydrogens is 483 g/mol. The number of hydrogen-bond acceptors (Lipinski definition) is 4. The van der Waals surface area contributed by atoms with Crippen LogP contribution in [0.15, 0.2) is 71.6 Å². The van der Waals surface area contributed by atoms with E-state index in [1.54, 1.807) is 54.6 Å². The van der Waals surface area contributed by atoms with E-state index in [0.717, 1.165) is 9.87 Å². The monoisotopic (exact) mass is 506 g/mol. The lowest BCUT2D eigenvalue weighted by atomic mass is 10.2. The second-order valence-corrected chi connectivity index (χ2v) is 10.0. The Morgan fingerprint density at radius 3 is 2.15 bits per heavy atom. The number of carbonyl (C=O) groups is 1. The topological polar surface area (TPSA) is 75.7 Å². The maximum atomic E-state index is 13.4. The lowest BCUT2D eigenvalue weighted by Gasteiger charge is -2.23. The third-order valence-corrected chi connectivity index (χ3v) is 7.34. The van der Waals surface area contributed by atoms with Gasteiger partial charge in [-0.2, -0.15) is 4.31 Å². The second-order valence-electron chi connectivity index (χ2n) is 7.29. The first-order chi connectivity index (χ1) is 15.7. The third kappa shape index (κ3) is 6.48. The number of anilines is 1. The zero-order chi connectivity index (χ0) is 24.0. The Balaban J connectivity index is 1.87. The van der Waals surface area contributed by atoms with Crippen molar-refractivity contribution in [2.75, 3.05) is 18.5 Å². The van der Waals surface area contributed by atoms with Gasteiger partial charge in [0.15, 0.2) is 0 Å². The largest absolute Gasteiger partial charge is 0.494 e. The van der Waals surface area contributed by atoms with Crippen molar-refractivity contribution in [1.82, 2.24) is 4.31 Å². The van der Waals surface area contributed by atoms with E-state index in [9.17, 15) is 13.2 Å². The van der Waals surface area contributed by atoms with Crippen molar-refractivity contribution < 1.29 is 17.9 Å². The number of sulfonamides is 1. The highest BCUT2D eigenvalue weighted by atomic mass is 35.5. The number of aryl methyl sites for hydroxylation is 1. The molecule has 0 bridgehead atoms. The number of rotatable bonds is 9. The van der Waals surface area contributed by atoms with Crippen molar-refractivity contribution in [3.63, 3.8) is 0 Å². The maximum Gasteiger partial charge on any atom is 0.243 e. The Hall–Kier alpha value is -2.58. The molecule has 9 heteroatoms. The molecule has 0 aliphatic rings. The predicted octanol–water partition coefficient (Wildman–Crippen LogP) is 5.53. The summed E-state index contributed by atoms with van der Waals surface area (Å²) in [6.45, 7) is 3.69. The van der Waals surface area contributed by atoms with Gasteiger partial charge in [-0.05, 0) is 62.4 Å². The SMILES string of the molecule is CCOc1ccc(NC(=O)CN(Cc2c(Cl)cccc2Cl)S(=O)(=O)c2ccc(C)cc2)cc1. The molecule has 1 N–H and O–H groups in total. The van der Waals surface area contributed by atoms with Crippen molar-refractivity contribution in [2.24, 2.45) is 0 Å². The zero-order valence-corrected chi connectivity index (χ0v) is 20.5. The molecule has 33 heavy (non-hydrogen) atoms. The van der Waals surface area contributed by atoms with Crippen LogP contribution in [-0.4, -0.2) is 31.8 Å². The van der Waals surface area contributed by atoms with Crippen molar-refractivity contribution in [3.05, 3.63) is 87.9 Å². The van der Waals surface area contributed by atoms with E-state index in [2.05, 4.69) is 5.32 Å². The van der Waals surface area contributed by atoms with Crippen LogP contribution in [0.5, 0.6) is 5.75 Å². The van der Waals surface area contributed by atoms with Crippen LogP contribution in [0.1, 0.15) is 18.1 Å². The minimum Gasteiger partial charge on any atom is -0.494 e. The first-order valence-corrected chi connectivity index (χ1v) is 12.4. The standard InChI is InChI=1S/C24H24Cl2N2O4S/c1-3-32-19-11-9-18(10-12-19)27-24(29)16-28(15-21-22(25)5-4-6-23(21)26)33(30,31)20-13-7-17(2)8-14-20/h4-14H,3,15-16H2,1-2H3,(H,27,29). The summed E-state index contributed by atoms with van der Waals surface area (Å²) in [7, 11) is -4.02. The fourth-order valence-electron chi connectivity index (χ4n) is 3.11. The van der Waals surface area contributed by atoms with Gasteiger partial charge in [-0.1, -0.05) is 47.0 Å². The van der Waals surface area contributed by atoms with Gasteiger partial charge in [-0.15, -0.1) is 0 Å². The molecule has 3 aromatic carbocycles. The lowest BCUT2D eigenvalue weighted by Crippen LogP contribution is -2.37. The smallest absolute Gasteiger partial charge is 0.243 e. The molecule has 0 saturated carbocycles. The maximum absolute atomic E-state index is 13.4. The molecule has 3 rings (SSSR count). The number of amides is 1. The number of nitrogens with one attached hydrogen (secondary N) is 1. The van der Waals surface area contributed by atoms with Gasteiger partial charge in [0, 0.05) is 27.8 Å². The molecule has 0 aromatic heterocycles. The molecule has 0 saturated heterocycles. The van der Waals surface area contributed by atoms with E-state index >= 15 is 0 Å². The molecule has 0 heterocycles. The fourth-order valence-corrected chi connectivity index (χ4v) is 4.99. The molecule has 0 spiro atoms. The number of benzene rings is 3. The first kappa shape index (κ1) is 25.1. The van der Waals surface area contributed by atoms with Crippen LogP contribution in [0.25, 0.3) is 0 Å². The molecule has 1 amide bonds. The van der Waals surface area contributed by atoms with E-state index in [1.165, 1.54) is 12.1 Å². The highest BCUT2D eigenvalue weighted by molar-refractivity contribution is 7.89. The van der Waals surface area contributed by atoms with Gasteiger partial charge in [-0.25, -0.2) is 8.42 Å². The van der Waals surface area contributed by atoms with Crippen LogP contribution in [0.3, 0.4) is 0 Å². The van der Waals surface area contributed by atoms with Crippen molar-refractivity contribution >= 4 is 44.8 Å². The van der Waals surface area contributed by atoms with Crippen molar-refractivity contribution in [1.29, 1.82) is 0 Å². The molecule has 0 radical (unpaired) electrons. The van der Waals surface area contributed by atoms with Crippen LogP contribution in [-0.2, 0) is 21.4 Å². The van der Waals surface area contributed by atoms with Crippen LogP contribution in [0.4, 0.5) is 5.69 Å². The molecule has 3 aromatic rings. The Morgan fingerprint density at radius 2 is 1.58 bits per heavy atom. The molecule has 0 unspecified atom stereocenters. The summed E-state index contributed by atoms with van der Waals surface area (Å²) >= 11 is 12.6. The molecule has 0 aliphatic carbocycles. The van der Waals surface area contributed by atoms with Gasteiger partial charge in [0.2, 0.25) is 15.9 Å². The molecule has 0 atom stereocenters. The number of nitrogens with zero attached hydrogens (tertiary/aromatic N) is 1. The van der Waals surface area contributed by atoms with Crippen LogP contribution in [0, 0.1) is 6.92 Å². The summed E-state index contributed by atoms with van der Waals surface area (Å²) in [5.74, 6) is 0.172. The van der Waals surface area contributed by atoms with Crippen molar-refractivity contribution in [3.8, 4) is 5.75 Å². The first-order valence-electron chi connectivity index (χ1n) is 10.2. The Morgan fingerprint density at radius 1 is 0.970 bits per heavy atom. The molecular formula is C24H24Cl2N2O4S. The van der Waals surface area contributed by atoms with E-state index in [0.29, 0.717) is 33.7 Å². The van der Waals surface area contributed by atoms with Crippen molar-refractivity contribution in [2.45, 2.75) is 25.3 Å². The van der Waals surface area contributed by atoms with Gasteiger partial charge in [0.25, 0.3) is 0 Å². The Bertz CT molecular complexity index is 1190. The Labute approximate surface area is 204 Å². The van der Waals surface area contributed by atoms with Crippen LogP contribution < -0.4 is 10.1 Å². The predicted molar refractivity (Wildman–Crippen MR) is 131 cm³/mol. The molecule has 174 valence electrons. The third-order valence-electron chi connectivity index (χ3n) is 4.82. The number of ether oxygens (including phenoxy) is 1. The van der Waals surface area contributed by atoms with Crippen LogP contribution >= 0.6 is 23.2 Å². The molecule has 6 nitrogen and oxygen atoms in total. The number of halogens is 2. The van der Waals surface area contributed by atoms with Crippen LogP contribution in [0.2, 0.25) is 10.0 Å². The van der Waals surface area contributed by atoms with Gasteiger partial charge in [0.05, 0.1) is 18.0 Å². The van der Waals surface area contributed by atoms with E-state index < -0.39 is 22.5 Å². The summed E-state index contributed by atoms with van der Waals surface area (Å²) in [6, 6.07) is 18.2. The second kappa shape index (κ2) is 11.0. The van der Waals surface area contributed by atoms with Gasteiger partial charge >= 0.3 is 0 Å². The fraction of sp³-hybridized carbons (Fsp3) is 0.208. The highest BCUT2D eigenvalue weighted by Gasteiger charge is 2.28. The summed E-state index contributed by atoms with van der Waals surface area (Å²) in [6.07, 6.45) is 0. The molecule has 0 aliphatic heterocycles. The van der Waals surface area contributed by atoms with Gasteiger partial charge in [-0.3, -0.25) is 4.79 Å².